The maximum absolute atomic E-state index is 6.23. The van der Waals surface area contributed by atoms with Crippen LogP contribution in [0.5, 0.6) is 0 Å². The number of hydrogen-bond acceptors (Lipinski definition) is 0. The number of aryl methyl sites for hydroxylation is 2. The van der Waals surface area contributed by atoms with Gasteiger partial charge < -0.3 is 0 Å². The lowest BCUT2D eigenvalue weighted by Gasteiger charge is -2.38. The van der Waals surface area contributed by atoms with E-state index in [9.17, 15) is 0 Å². The van der Waals surface area contributed by atoms with E-state index in [2.05, 4.69) is 62.7 Å². The second kappa shape index (κ2) is 6.62. The first kappa shape index (κ1) is 17.3. The van der Waals surface area contributed by atoms with Gasteiger partial charge in [-0.3, -0.25) is 0 Å². The maximum Gasteiger partial charge on any atom is 0.0438 e. The minimum atomic E-state index is 0.458. The Morgan fingerprint density at radius 1 is 1.05 bits per heavy atom. The lowest BCUT2D eigenvalue weighted by atomic mass is 9.69. The van der Waals surface area contributed by atoms with Crippen LogP contribution in [0, 0.1) is 31.1 Å². The molecule has 2 rings (SSSR count). The summed E-state index contributed by atoms with van der Waals surface area (Å²) in [6.45, 7) is 11.4. The van der Waals surface area contributed by atoms with Crippen molar-refractivity contribution in [1.82, 2.24) is 0 Å². The van der Waals surface area contributed by atoms with E-state index < -0.39 is 0 Å². The van der Waals surface area contributed by atoms with Crippen molar-refractivity contribution in [2.45, 2.75) is 65.1 Å². The molecule has 0 N–H and O–H groups in total. The lowest BCUT2D eigenvalue weighted by molar-refractivity contribution is 0.149. The van der Waals surface area contributed by atoms with E-state index in [0.717, 1.165) is 16.9 Å². The van der Waals surface area contributed by atoms with Crippen molar-refractivity contribution in [2.75, 3.05) is 0 Å². The van der Waals surface area contributed by atoms with Crippen LogP contribution in [0.1, 0.15) is 68.0 Å². The highest BCUT2D eigenvalue weighted by atomic mass is 79.9. The Morgan fingerprint density at radius 3 is 2.14 bits per heavy atom. The first-order valence-corrected chi connectivity index (χ1v) is 9.40. The van der Waals surface area contributed by atoms with Gasteiger partial charge in [0.2, 0.25) is 0 Å². The van der Waals surface area contributed by atoms with Gasteiger partial charge >= 0.3 is 0 Å². The molecule has 2 heteroatoms. The molecule has 0 heterocycles. The quantitative estimate of drug-likeness (QED) is 0.480. The SMILES string of the molecule is Cc1cc(C(Br)C2CCC(C(C)(C)C)CC2)c(C)cc1Cl. The molecular weight excluding hydrogens is 344 g/mol. The van der Waals surface area contributed by atoms with Crippen LogP contribution in [0.2, 0.25) is 5.02 Å². The third-order valence-electron chi connectivity index (χ3n) is 5.25. The van der Waals surface area contributed by atoms with E-state index in [1.807, 2.05) is 0 Å². The zero-order chi connectivity index (χ0) is 15.8. The molecular formula is C19H28BrCl. The third kappa shape index (κ3) is 4.05. The second-order valence-electron chi connectivity index (χ2n) is 7.84. The highest BCUT2D eigenvalue weighted by Gasteiger charge is 2.33. The first-order chi connectivity index (χ1) is 9.70. The first-order valence-electron chi connectivity index (χ1n) is 8.11. The van der Waals surface area contributed by atoms with Crippen LogP contribution >= 0.6 is 27.5 Å². The number of hydrogen-bond donors (Lipinski definition) is 0. The van der Waals surface area contributed by atoms with E-state index in [0.29, 0.717) is 10.2 Å². The zero-order valence-electron chi connectivity index (χ0n) is 14.0. The predicted molar refractivity (Wildman–Crippen MR) is 97.5 cm³/mol. The van der Waals surface area contributed by atoms with Crippen LogP contribution in [0.15, 0.2) is 12.1 Å². The van der Waals surface area contributed by atoms with E-state index in [1.54, 1.807) is 0 Å². The third-order valence-corrected chi connectivity index (χ3v) is 6.90. The van der Waals surface area contributed by atoms with E-state index in [-0.39, 0.29) is 0 Å². The summed E-state index contributed by atoms with van der Waals surface area (Å²) in [7, 11) is 0. The molecule has 1 aromatic carbocycles. The van der Waals surface area contributed by atoms with Crippen molar-refractivity contribution in [2.24, 2.45) is 17.3 Å². The second-order valence-corrected chi connectivity index (χ2v) is 9.23. The summed E-state index contributed by atoms with van der Waals surface area (Å²) in [6.07, 6.45) is 5.39. The topological polar surface area (TPSA) is 0 Å². The molecule has 0 aliphatic heterocycles. The lowest BCUT2D eigenvalue weighted by Crippen LogP contribution is -2.27. The van der Waals surface area contributed by atoms with E-state index in [4.69, 9.17) is 11.6 Å². The Kier molecular flexibility index (Phi) is 5.47. The fourth-order valence-corrected chi connectivity index (χ4v) is 4.87. The molecule has 1 atom stereocenters. The molecule has 1 aliphatic carbocycles. The Labute approximate surface area is 143 Å². The molecule has 1 aliphatic rings. The van der Waals surface area contributed by atoms with Crippen LogP contribution in [-0.4, -0.2) is 0 Å². The maximum atomic E-state index is 6.23. The highest BCUT2D eigenvalue weighted by Crippen LogP contribution is 2.47. The average molecular weight is 372 g/mol. The summed E-state index contributed by atoms with van der Waals surface area (Å²) in [5.41, 5.74) is 4.38. The molecule has 0 bridgehead atoms. The van der Waals surface area contributed by atoms with Gasteiger partial charge in [0.25, 0.3) is 0 Å². The zero-order valence-corrected chi connectivity index (χ0v) is 16.3. The van der Waals surface area contributed by atoms with Crippen molar-refractivity contribution in [3.05, 3.63) is 33.8 Å². The summed E-state index contributed by atoms with van der Waals surface area (Å²) in [6, 6.07) is 4.38. The van der Waals surface area contributed by atoms with Gasteiger partial charge in [0.15, 0.2) is 0 Å². The summed E-state index contributed by atoms with van der Waals surface area (Å²) < 4.78 is 0. The Hall–Kier alpha value is -0.0100. The monoisotopic (exact) mass is 370 g/mol. The van der Waals surface area contributed by atoms with Crippen molar-refractivity contribution in [3.8, 4) is 0 Å². The van der Waals surface area contributed by atoms with E-state index in [1.165, 1.54) is 42.4 Å². The largest absolute Gasteiger partial charge is 0.0840 e. The van der Waals surface area contributed by atoms with E-state index >= 15 is 0 Å². The van der Waals surface area contributed by atoms with Gasteiger partial charge in [-0.1, -0.05) is 54.4 Å². The Morgan fingerprint density at radius 2 is 1.62 bits per heavy atom. The smallest absolute Gasteiger partial charge is 0.0438 e. The van der Waals surface area contributed by atoms with Crippen LogP contribution in [0.4, 0.5) is 0 Å². The Bertz CT molecular complexity index is 493. The van der Waals surface area contributed by atoms with Gasteiger partial charge in [-0.05, 0) is 79.5 Å². The number of halogens is 2. The van der Waals surface area contributed by atoms with Crippen LogP contribution in [0.3, 0.4) is 0 Å². The van der Waals surface area contributed by atoms with Gasteiger partial charge in [-0.25, -0.2) is 0 Å². The van der Waals surface area contributed by atoms with Gasteiger partial charge in [-0.2, -0.15) is 0 Å². The summed E-state index contributed by atoms with van der Waals surface area (Å²) in [5.74, 6) is 1.63. The molecule has 1 fully saturated rings. The molecule has 0 saturated heterocycles. The van der Waals surface area contributed by atoms with Crippen LogP contribution in [-0.2, 0) is 0 Å². The molecule has 1 saturated carbocycles. The average Bonchev–Trinajstić information content (AvgIpc) is 2.41. The Balaban J connectivity index is 2.09. The van der Waals surface area contributed by atoms with Gasteiger partial charge in [-0.15, -0.1) is 0 Å². The van der Waals surface area contributed by atoms with Crippen molar-refractivity contribution in [1.29, 1.82) is 0 Å². The molecule has 1 unspecified atom stereocenters. The molecule has 0 radical (unpaired) electrons. The van der Waals surface area contributed by atoms with Gasteiger partial charge in [0, 0.05) is 9.85 Å². The fourth-order valence-electron chi connectivity index (χ4n) is 3.63. The summed E-state index contributed by atoms with van der Waals surface area (Å²) in [5, 5.41) is 0.882. The molecule has 21 heavy (non-hydrogen) atoms. The van der Waals surface area contributed by atoms with Crippen LogP contribution < -0.4 is 0 Å². The molecule has 118 valence electrons. The molecule has 0 aromatic heterocycles. The highest BCUT2D eigenvalue weighted by molar-refractivity contribution is 9.09. The van der Waals surface area contributed by atoms with Gasteiger partial charge in [0.1, 0.15) is 0 Å². The predicted octanol–water partition coefficient (Wildman–Crippen LogP) is 7.25. The fraction of sp³-hybridized carbons (Fsp3) is 0.684. The standard InChI is InChI=1S/C19H28BrCl/c1-12-11-17(21)13(2)10-16(12)18(20)14-6-8-15(9-7-14)19(3,4)5/h10-11,14-15,18H,6-9H2,1-5H3. The number of alkyl halides is 1. The van der Waals surface area contributed by atoms with Crippen molar-refractivity contribution >= 4 is 27.5 Å². The summed E-state index contributed by atoms with van der Waals surface area (Å²) >= 11 is 10.2. The van der Waals surface area contributed by atoms with Crippen molar-refractivity contribution in [3.63, 3.8) is 0 Å². The molecule has 0 nitrogen and oxygen atoms in total. The molecule has 0 spiro atoms. The van der Waals surface area contributed by atoms with Gasteiger partial charge in [0.05, 0.1) is 0 Å². The minimum absolute atomic E-state index is 0.458. The normalized spacial score (nSPS) is 24.9. The van der Waals surface area contributed by atoms with Crippen LogP contribution in [0.25, 0.3) is 0 Å². The number of rotatable bonds is 2. The summed E-state index contributed by atoms with van der Waals surface area (Å²) in [4.78, 5) is 0.467. The van der Waals surface area contributed by atoms with Crippen molar-refractivity contribution < 1.29 is 0 Å². The molecule has 0 amide bonds. The molecule has 1 aromatic rings. The number of benzene rings is 1. The minimum Gasteiger partial charge on any atom is -0.0840 e.